The van der Waals surface area contributed by atoms with Crippen molar-refractivity contribution >= 4 is 16.9 Å². The van der Waals surface area contributed by atoms with E-state index >= 15 is 0 Å². The van der Waals surface area contributed by atoms with E-state index in [-0.39, 0.29) is 5.69 Å². The van der Waals surface area contributed by atoms with E-state index in [1.54, 1.807) is 14.2 Å². The van der Waals surface area contributed by atoms with Crippen molar-refractivity contribution in [2.75, 3.05) is 14.2 Å². The highest BCUT2D eigenvalue weighted by molar-refractivity contribution is 5.98. The van der Waals surface area contributed by atoms with Gasteiger partial charge in [-0.25, -0.2) is 4.79 Å². The van der Waals surface area contributed by atoms with Crippen molar-refractivity contribution in [3.8, 4) is 11.5 Å². The molecule has 0 radical (unpaired) electrons. The van der Waals surface area contributed by atoms with Gasteiger partial charge >= 0.3 is 5.97 Å². The number of hydrogen-bond acceptors (Lipinski definition) is 4. The van der Waals surface area contributed by atoms with E-state index in [4.69, 9.17) is 9.47 Å². The summed E-state index contributed by atoms with van der Waals surface area (Å²) in [7, 11) is 3.26. The predicted octanol–water partition coefficient (Wildman–Crippen LogP) is 5.00. The van der Waals surface area contributed by atoms with Crippen LogP contribution in [-0.4, -0.2) is 29.9 Å². The van der Waals surface area contributed by atoms with Gasteiger partial charge in [-0.15, -0.1) is 0 Å². The third kappa shape index (κ3) is 4.86. The summed E-state index contributed by atoms with van der Waals surface area (Å²) in [6.07, 6.45) is 0. The lowest BCUT2D eigenvalue weighted by Crippen LogP contribution is -2.17. The molecule has 4 rings (SSSR count). The first kappa shape index (κ1) is 22.4. The number of hydrogen-bond donors (Lipinski definition) is 2. The van der Waals surface area contributed by atoms with Crippen LogP contribution in [0, 0.1) is 6.92 Å². The van der Waals surface area contributed by atoms with Crippen molar-refractivity contribution in [1.82, 2.24) is 9.88 Å². The zero-order valence-corrected chi connectivity index (χ0v) is 19.1. The molecular weight excluding hydrogens is 416 g/mol. The number of benzene rings is 3. The number of ether oxygens (including phenoxy) is 2. The number of nitrogens with zero attached hydrogens (tertiary/aromatic N) is 1. The molecule has 0 atom stereocenters. The van der Waals surface area contributed by atoms with Crippen molar-refractivity contribution in [3.63, 3.8) is 0 Å². The summed E-state index contributed by atoms with van der Waals surface area (Å²) in [5, 5.41) is 14.5. The highest BCUT2D eigenvalue weighted by Gasteiger charge is 2.23. The number of carbonyl (C=O) groups is 1. The summed E-state index contributed by atoms with van der Waals surface area (Å²) < 4.78 is 12.6. The second-order valence-corrected chi connectivity index (χ2v) is 8.04. The Hall–Kier alpha value is -3.77. The average molecular weight is 445 g/mol. The molecule has 33 heavy (non-hydrogen) atoms. The molecule has 1 heterocycles. The molecule has 0 saturated carbocycles. The van der Waals surface area contributed by atoms with E-state index in [0.29, 0.717) is 25.4 Å². The second-order valence-electron chi connectivity index (χ2n) is 8.04. The van der Waals surface area contributed by atoms with E-state index in [9.17, 15) is 9.90 Å². The van der Waals surface area contributed by atoms with E-state index in [2.05, 4.69) is 5.32 Å². The van der Waals surface area contributed by atoms with Crippen molar-refractivity contribution in [2.45, 2.75) is 26.6 Å². The molecule has 0 saturated heterocycles. The van der Waals surface area contributed by atoms with Gasteiger partial charge in [-0.2, -0.15) is 0 Å². The summed E-state index contributed by atoms with van der Waals surface area (Å²) in [6.45, 7) is 3.51. The van der Waals surface area contributed by atoms with Gasteiger partial charge in [-0.05, 0) is 42.3 Å². The number of carboxylic acid groups (broad SMARTS) is 1. The Morgan fingerprint density at radius 1 is 0.909 bits per heavy atom. The molecule has 0 bridgehead atoms. The number of rotatable bonds is 9. The first-order valence-electron chi connectivity index (χ1n) is 10.8. The first-order valence-corrected chi connectivity index (χ1v) is 10.8. The molecule has 3 aromatic carbocycles. The molecule has 4 aromatic rings. The first-order chi connectivity index (χ1) is 16.0. The second kappa shape index (κ2) is 9.79. The van der Waals surface area contributed by atoms with Crippen LogP contribution in [0.2, 0.25) is 0 Å². The number of methoxy groups -OCH3 is 2. The minimum absolute atomic E-state index is 0.289. The van der Waals surface area contributed by atoms with Gasteiger partial charge in [0.15, 0.2) is 0 Å². The number of nitrogens with one attached hydrogen (secondary N) is 1. The Morgan fingerprint density at radius 2 is 1.64 bits per heavy atom. The minimum atomic E-state index is -0.949. The molecule has 0 fully saturated rings. The van der Waals surface area contributed by atoms with Crippen LogP contribution in [0.3, 0.4) is 0 Å². The molecule has 6 heteroatoms. The molecule has 0 amide bonds. The summed E-state index contributed by atoms with van der Waals surface area (Å²) in [5.74, 6) is 0.538. The Balaban J connectivity index is 1.72. The van der Waals surface area contributed by atoms with Crippen LogP contribution in [-0.2, 0) is 19.6 Å². The summed E-state index contributed by atoms with van der Waals surface area (Å²) in [4.78, 5) is 12.4. The average Bonchev–Trinajstić information content (AvgIpc) is 3.13. The summed E-state index contributed by atoms with van der Waals surface area (Å²) in [6, 6.07) is 21.7. The fourth-order valence-corrected chi connectivity index (χ4v) is 4.11. The molecule has 0 aliphatic carbocycles. The van der Waals surface area contributed by atoms with Crippen molar-refractivity contribution in [1.29, 1.82) is 0 Å². The topological polar surface area (TPSA) is 72.7 Å². The molecule has 2 N–H and O–H groups in total. The Morgan fingerprint density at radius 3 is 2.33 bits per heavy atom. The monoisotopic (exact) mass is 444 g/mol. The van der Waals surface area contributed by atoms with Gasteiger partial charge in [-0.3, -0.25) is 0 Å². The SMILES string of the molecule is COc1cccc(CNCc2c(C(=O)O)n(Cc3ccc(C)cc3)c3cc(OC)ccc23)c1. The molecule has 0 aliphatic heterocycles. The zero-order valence-electron chi connectivity index (χ0n) is 19.1. The Kier molecular flexibility index (Phi) is 6.66. The number of aromatic nitrogens is 1. The number of carboxylic acids is 1. The maximum atomic E-state index is 12.4. The van der Waals surface area contributed by atoms with Gasteiger partial charge in [0.05, 0.1) is 19.7 Å². The highest BCUT2D eigenvalue weighted by Crippen LogP contribution is 2.31. The molecule has 0 aliphatic rings. The Bertz CT molecular complexity index is 1280. The maximum Gasteiger partial charge on any atom is 0.352 e. The predicted molar refractivity (Wildman–Crippen MR) is 129 cm³/mol. The van der Waals surface area contributed by atoms with E-state index in [0.717, 1.165) is 33.3 Å². The van der Waals surface area contributed by atoms with Crippen LogP contribution in [0.4, 0.5) is 0 Å². The largest absolute Gasteiger partial charge is 0.497 e. The van der Waals surface area contributed by atoms with Crippen LogP contribution in [0.5, 0.6) is 11.5 Å². The van der Waals surface area contributed by atoms with Gasteiger partial charge in [0.2, 0.25) is 0 Å². The molecule has 1 aromatic heterocycles. The number of fused-ring (bicyclic) bond motifs is 1. The summed E-state index contributed by atoms with van der Waals surface area (Å²) in [5.41, 5.74) is 5.16. The fraction of sp³-hybridized carbons (Fsp3) is 0.222. The third-order valence-electron chi connectivity index (χ3n) is 5.81. The molecular formula is C27H28N2O4. The van der Waals surface area contributed by atoms with Gasteiger partial charge in [0.1, 0.15) is 17.2 Å². The number of aromatic carboxylic acids is 1. The normalized spacial score (nSPS) is 11.0. The molecule has 170 valence electrons. The van der Waals surface area contributed by atoms with Gasteiger partial charge in [0, 0.05) is 36.7 Å². The minimum Gasteiger partial charge on any atom is -0.497 e. The Labute approximate surface area is 193 Å². The summed E-state index contributed by atoms with van der Waals surface area (Å²) >= 11 is 0. The maximum absolute atomic E-state index is 12.4. The van der Waals surface area contributed by atoms with E-state index in [1.807, 2.05) is 78.2 Å². The highest BCUT2D eigenvalue weighted by atomic mass is 16.5. The van der Waals surface area contributed by atoms with Crippen LogP contribution < -0.4 is 14.8 Å². The molecule has 0 spiro atoms. The van der Waals surface area contributed by atoms with Crippen LogP contribution in [0.25, 0.3) is 10.9 Å². The lowest BCUT2D eigenvalue weighted by Gasteiger charge is -2.11. The third-order valence-corrected chi connectivity index (χ3v) is 5.81. The van der Waals surface area contributed by atoms with Gasteiger partial charge in [-0.1, -0.05) is 42.0 Å². The molecule has 6 nitrogen and oxygen atoms in total. The van der Waals surface area contributed by atoms with E-state index in [1.165, 1.54) is 5.56 Å². The van der Waals surface area contributed by atoms with Crippen LogP contribution in [0.1, 0.15) is 32.7 Å². The lowest BCUT2D eigenvalue weighted by molar-refractivity contribution is 0.0684. The fourth-order valence-electron chi connectivity index (χ4n) is 4.11. The zero-order chi connectivity index (χ0) is 23.4. The van der Waals surface area contributed by atoms with Gasteiger partial charge < -0.3 is 24.5 Å². The number of aryl methyl sites for hydroxylation is 1. The van der Waals surface area contributed by atoms with E-state index < -0.39 is 5.97 Å². The smallest absolute Gasteiger partial charge is 0.352 e. The lowest BCUT2D eigenvalue weighted by atomic mass is 10.1. The van der Waals surface area contributed by atoms with Crippen molar-refractivity contribution < 1.29 is 19.4 Å². The molecule has 0 unspecified atom stereocenters. The van der Waals surface area contributed by atoms with Crippen molar-refractivity contribution in [3.05, 3.63) is 94.7 Å². The standard InChI is InChI=1S/C27H28N2O4/c1-18-7-9-19(10-8-18)17-29-25-14-22(33-3)11-12-23(25)24(26(29)27(30)31)16-28-15-20-5-4-6-21(13-20)32-2/h4-14,28H,15-17H2,1-3H3,(H,30,31). The quantitative estimate of drug-likeness (QED) is 0.380. The van der Waals surface area contributed by atoms with Gasteiger partial charge in [0.25, 0.3) is 0 Å². The van der Waals surface area contributed by atoms with Crippen LogP contribution >= 0.6 is 0 Å². The van der Waals surface area contributed by atoms with Crippen LogP contribution in [0.15, 0.2) is 66.7 Å². The van der Waals surface area contributed by atoms with Crippen molar-refractivity contribution in [2.24, 2.45) is 0 Å².